The van der Waals surface area contributed by atoms with E-state index in [1.54, 1.807) is 20.8 Å². The van der Waals surface area contributed by atoms with Gasteiger partial charge in [-0.15, -0.1) is 0 Å². The van der Waals surface area contributed by atoms with Crippen LogP contribution in [0.2, 0.25) is 0 Å². The number of Topliss-reactive ketones (excluding diaryl/α,β-unsaturated/α-hetero) is 1. The topological polar surface area (TPSA) is 259 Å². The van der Waals surface area contributed by atoms with Gasteiger partial charge in [-0.1, -0.05) is 25.5 Å². The second kappa shape index (κ2) is 14.1. The van der Waals surface area contributed by atoms with Crippen molar-refractivity contribution in [3.63, 3.8) is 0 Å². The highest BCUT2D eigenvalue weighted by Gasteiger charge is 2.75. The average Bonchev–Trinajstić information content (AvgIpc) is 3.57. The summed E-state index contributed by atoms with van der Waals surface area (Å²) < 4.78 is 53.3. The van der Waals surface area contributed by atoms with E-state index in [1.165, 1.54) is 18.2 Å². The number of rotatable bonds is 11. The summed E-state index contributed by atoms with van der Waals surface area (Å²) in [4.78, 5) is 75.1. The minimum absolute atomic E-state index is 0.101. The molecule has 1 aromatic rings. The Morgan fingerprint density at radius 2 is 1.96 bits per heavy atom. The number of alkyl carbamates (subject to hydrolysis) is 1. The van der Waals surface area contributed by atoms with Crippen molar-refractivity contribution >= 4 is 25.5 Å². The number of aromatic amines is 1. The molecule has 1 aliphatic heterocycles. The van der Waals surface area contributed by atoms with E-state index < -0.39 is 109 Å². The lowest BCUT2D eigenvalue weighted by Gasteiger charge is -2.62. The summed E-state index contributed by atoms with van der Waals surface area (Å²) in [5.74, 6) is -3.34. The van der Waals surface area contributed by atoms with Crippen molar-refractivity contribution in [2.75, 3.05) is 26.3 Å². The normalized spacial score (nSPS) is 40.0. The standard InChI is InChI=1S/C34H46FN4O13P/c1-18-12-22-21-5-4-19-13-20(40)6-8-31(19,2)33(21,35)25(41)15-32(22,3)34(18,46)26(42)17-50-53(47,48)52-23-14-28(39-11-7-27(43)38-29(39)44)51-24(23)16-49-30(45)37-10-9-36/h6-8,11,13,18,21-25,28,41,46H,4-5,9-10,12,14-17,36H2,1-3H3,(H,37,45)(H,47,48)(H,38,43,44)/t18-,21+,22+,23?,24-,25+,28-,31+,32+,33+,34+/m1/s1. The Bertz CT molecular complexity index is 1890. The molecular weight excluding hydrogens is 722 g/mol. The molecule has 19 heteroatoms. The number of fused-ring (bicyclic) bond motifs is 5. The smallest absolute Gasteiger partial charge is 0.447 e. The predicted octanol–water partition coefficient (Wildman–Crippen LogP) is 0.928. The molecule has 7 N–H and O–H groups in total. The van der Waals surface area contributed by atoms with Gasteiger partial charge in [0, 0.05) is 48.5 Å². The molecule has 1 aromatic heterocycles. The highest BCUT2D eigenvalue weighted by Crippen LogP contribution is 2.70. The van der Waals surface area contributed by atoms with Crippen molar-refractivity contribution in [1.82, 2.24) is 14.9 Å². The molecular formula is C34H46FN4O13P. The summed E-state index contributed by atoms with van der Waals surface area (Å²) in [6.45, 7) is 3.54. The number of nitrogens with one attached hydrogen (secondary N) is 2. The summed E-state index contributed by atoms with van der Waals surface area (Å²) in [6.07, 6.45) is -0.498. The molecule has 2 unspecified atom stereocenters. The van der Waals surface area contributed by atoms with E-state index in [0.29, 0.717) is 12.0 Å². The van der Waals surface area contributed by atoms with Gasteiger partial charge in [-0.3, -0.25) is 33.0 Å². The Morgan fingerprint density at radius 1 is 1.23 bits per heavy atom. The van der Waals surface area contributed by atoms with Gasteiger partial charge in [0.2, 0.25) is 0 Å². The Labute approximate surface area is 303 Å². The molecule has 53 heavy (non-hydrogen) atoms. The third kappa shape index (κ3) is 6.50. The van der Waals surface area contributed by atoms with Crippen molar-refractivity contribution < 1.29 is 57.0 Å². The zero-order valence-electron chi connectivity index (χ0n) is 29.6. The lowest BCUT2D eigenvalue weighted by atomic mass is 9.44. The minimum Gasteiger partial charge on any atom is -0.447 e. The molecule has 0 aromatic carbocycles. The first-order valence-electron chi connectivity index (χ1n) is 17.6. The maximum atomic E-state index is 17.5. The molecule has 17 nitrogen and oxygen atoms in total. The fourth-order valence-corrected chi connectivity index (χ4v) is 10.7. The summed E-state index contributed by atoms with van der Waals surface area (Å²) in [7, 11) is -5.14. The number of aromatic nitrogens is 2. The third-order valence-electron chi connectivity index (χ3n) is 12.4. The van der Waals surface area contributed by atoms with E-state index in [0.717, 1.165) is 16.8 Å². The first-order valence-corrected chi connectivity index (χ1v) is 19.1. The van der Waals surface area contributed by atoms with Crippen LogP contribution in [0.5, 0.6) is 0 Å². The molecule has 0 bridgehead atoms. The monoisotopic (exact) mass is 768 g/mol. The van der Waals surface area contributed by atoms with Gasteiger partial charge in [0.15, 0.2) is 17.2 Å². The van der Waals surface area contributed by atoms with E-state index in [2.05, 4.69) is 10.3 Å². The Morgan fingerprint density at radius 3 is 2.66 bits per heavy atom. The fraction of sp³-hybridized carbons (Fsp3) is 0.676. The highest BCUT2D eigenvalue weighted by atomic mass is 31.2. The summed E-state index contributed by atoms with van der Waals surface area (Å²) in [5.41, 5.74) is -2.56. The lowest BCUT2D eigenvalue weighted by molar-refractivity contribution is -0.219. The van der Waals surface area contributed by atoms with Crippen LogP contribution in [0.3, 0.4) is 0 Å². The number of amides is 1. The lowest BCUT2D eigenvalue weighted by Crippen LogP contribution is -2.69. The first-order chi connectivity index (χ1) is 24.8. The molecule has 6 rings (SSSR count). The second-order valence-corrected chi connectivity index (χ2v) is 16.6. The fourth-order valence-electron chi connectivity index (χ4n) is 9.76. The van der Waals surface area contributed by atoms with Crippen LogP contribution in [0.1, 0.15) is 59.1 Å². The molecule has 12 atom stereocenters. The number of ketones is 2. The number of aliphatic hydroxyl groups excluding tert-OH is 1. The van der Waals surface area contributed by atoms with Crippen LogP contribution in [0.25, 0.3) is 0 Å². The molecule has 292 valence electrons. The number of ether oxygens (including phenoxy) is 2. The van der Waals surface area contributed by atoms with Crippen molar-refractivity contribution in [2.45, 2.75) is 88.7 Å². The Hall–Kier alpha value is -3.35. The molecule has 0 spiro atoms. The number of phosphoric ester groups is 1. The number of nitrogens with zero attached hydrogens (tertiary/aromatic N) is 1. The van der Waals surface area contributed by atoms with Crippen molar-refractivity contribution in [2.24, 2.45) is 34.3 Å². The van der Waals surface area contributed by atoms with Crippen LogP contribution in [0.4, 0.5) is 9.18 Å². The number of carbonyl (C=O) groups excluding carboxylic acids is 3. The number of alkyl halides is 1. The van der Waals surface area contributed by atoms with E-state index in [9.17, 15) is 43.6 Å². The van der Waals surface area contributed by atoms with Gasteiger partial charge in [-0.05, 0) is 56.6 Å². The second-order valence-electron chi connectivity index (χ2n) is 15.2. The molecule has 1 saturated heterocycles. The molecule has 5 aliphatic rings. The maximum absolute atomic E-state index is 17.5. The van der Waals surface area contributed by atoms with Crippen molar-refractivity contribution in [3.8, 4) is 0 Å². The van der Waals surface area contributed by atoms with Gasteiger partial charge in [-0.2, -0.15) is 0 Å². The number of allylic oxidation sites excluding steroid dienone is 4. The number of H-pyrrole nitrogens is 1. The molecule has 3 saturated carbocycles. The van der Waals surface area contributed by atoms with Crippen LogP contribution in [0, 0.1) is 28.6 Å². The Kier molecular flexibility index (Phi) is 10.4. The van der Waals surface area contributed by atoms with E-state index in [1.807, 2.05) is 0 Å². The largest absolute Gasteiger partial charge is 0.472 e. The van der Waals surface area contributed by atoms with E-state index in [-0.39, 0.29) is 44.6 Å². The van der Waals surface area contributed by atoms with Gasteiger partial charge >= 0.3 is 19.6 Å². The van der Waals surface area contributed by atoms with Crippen LogP contribution in [-0.4, -0.2) is 98.2 Å². The van der Waals surface area contributed by atoms with Crippen LogP contribution in [-0.2, 0) is 32.7 Å². The van der Waals surface area contributed by atoms with E-state index in [4.69, 9.17) is 24.3 Å². The molecule has 0 radical (unpaired) electrons. The van der Waals surface area contributed by atoms with Crippen LogP contribution >= 0.6 is 7.82 Å². The van der Waals surface area contributed by atoms with E-state index >= 15 is 4.39 Å². The third-order valence-corrected chi connectivity index (χ3v) is 13.4. The number of nitrogens with two attached hydrogens (primary N) is 1. The number of phosphoric acid groups is 1. The maximum Gasteiger partial charge on any atom is 0.472 e. The highest BCUT2D eigenvalue weighted by molar-refractivity contribution is 7.47. The Balaban J connectivity index is 1.17. The molecule has 4 fully saturated rings. The molecule has 4 aliphatic carbocycles. The quantitative estimate of drug-likeness (QED) is 0.171. The summed E-state index contributed by atoms with van der Waals surface area (Å²) >= 11 is 0. The minimum atomic E-state index is -5.14. The van der Waals surface area contributed by atoms with Crippen LogP contribution < -0.4 is 22.3 Å². The van der Waals surface area contributed by atoms with Gasteiger partial charge in [0.1, 0.15) is 37.3 Å². The van der Waals surface area contributed by atoms with Gasteiger partial charge in [0.25, 0.3) is 5.56 Å². The summed E-state index contributed by atoms with van der Waals surface area (Å²) in [6, 6.07) is 1.06. The number of aliphatic hydroxyl groups is 2. The van der Waals surface area contributed by atoms with Gasteiger partial charge < -0.3 is 35.6 Å². The number of hydrogen-bond acceptors (Lipinski definition) is 13. The molecule has 1 amide bonds. The van der Waals surface area contributed by atoms with Gasteiger partial charge in [-0.25, -0.2) is 18.5 Å². The van der Waals surface area contributed by atoms with Crippen molar-refractivity contribution in [3.05, 3.63) is 56.9 Å². The zero-order valence-corrected chi connectivity index (χ0v) is 30.5. The average molecular weight is 769 g/mol. The number of hydrogen-bond donors (Lipinski definition) is 6. The number of carbonyl (C=O) groups is 3. The first kappa shape index (κ1) is 39.3. The van der Waals surface area contributed by atoms with Gasteiger partial charge in [0.05, 0.1) is 6.10 Å². The van der Waals surface area contributed by atoms with Crippen molar-refractivity contribution in [1.29, 1.82) is 0 Å². The van der Waals surface area contributed by atoms with Crippen LogP contribution in [0.15, 0.2) is 45.7 Å². The zero-order chi connectivity index (χ0) is 38.7. The SMILES string of the molecule is C[C@@H]1C[C@H]2[C@@H]3CCC4=CC(=O)C=C[C@]4(C)[C@@]3(F)[C@@H](O)C[C@]2(C)[C@@]1(O)C(=O)COP(=O)(O)OC1C[C@H](n2ccc(=O)[nH]c2=O)O[C@@H]1COC(=O)NCCN. The predicted molar refractivity (Wildman–Crippen MR) is 182 cm³/mol. The number of halogens is 1. The summed E-state index contributed by atoms with van der Waals surface area (Å²) in [5, 5.41) is 26.2. The molecule has 2 heterocycles.